The minimum absolute atomic E-state index is 0.596. The summed E-state index contributed by atoms with van der Waals surface area (Å²) < 4.78 is 0.772. The van der Waals surface area contributed by atoms with Gasteiger partial charge in [0, 0.05) is 17.2 Å². The van der Waals surface area contributed by atoms with Gasteiger partial charge >= 0.3 is 0 Å². The van der Waals surface area contributed by atoms with Crippen LogP contribution in [0.5, 0.6) is 0 Å². The largest absolute Gasteiger partial charge is 0.347 e. The molecule has 0 bridgehead atoms. The normalized spacial score (nSPS) is 24.9. The first-order valence-electron chi connectivity index (χ1n) is 6.69. The van der Waals surface area contributed by atoms with E-state index >= 15 is 0 Å². The van der Waals surface area contributed by atoms with E-state index in [2.05, 4.69) is 23.8 Å². The molecule has 1 aliphatic carbocycles. The molecule has 1 N–H and O–H groups in total. The Morgan fingerprint density at radius 1 is 1.24 bits per heavy atom. The van der Waals surface area contributed by atoms with Gasteiger partial charge in [-0.1, -0.05) is 25.6 Å². The zero-order valence-electron chi connectivity index (χ0n) is 11.0. The van der Waals surface area contributed by atoms with E-state index in [0.29, 0.717) is 5.92 Å². The summed E-state index contributed by atoms with van der Waals surface area (Å²) in [6.07, 6.45) is 6.54. The molecule has 1 aliphatic rings. The Kier molecular flexibility index (Phi) is 3.97. The third kappa shape index (κ3) is 2.76. The summed E-state index contributed by atoms with van der Waals surface area (Å²) in [6.45, 7) is 6.43. The number of nitrogens with zero attached hydrogens (tertiary/aromatic N) is 1. The van der Waals surface area contributed by atoms with Crippen LogP contribution >= 0.6 is 12.2 Å². The van der Waals surface area contributed by atoms with Crippen LogP contribution in [-0.4, -0.2) is 9.97 Å². The molecule has 1 heterocycles. The maximum absolute atomic E-state index is 5.31. The summed E-state index contributed by atoms with van der Waals surface area (Å²) in [5.41, 5.74) is 2.30. The molecule has 0 amide bonds. The fourth-order valence-electron chi connectivity index (χ4n) is 2.70. The van der Waals surface area contributed by atoms with E-state index in [-0.39, 0.29) is 0 Å². The molecule has 0 atom stereocenters. The van der Waals surface area contributed by atoms with Crippen LogP contribution in [0.1, 0.15) is 62.0 Å². The summed E-state index contributed by atoms with van der Waals surface area (Å²) in [6, 6.07) is 0. The van der Waals surface area contributed by atoms with Crippen LogP contribution in [0, 0.1) is 24.4 Å². The van der Waals surface area contributed by atoms with E-state index in [1.807, 2.05) is 6.92 Å². The second kappa shape index (κ2) is 5.30. The Bertz CT molecular complexity index is 442. The quantitative estimate of drug-likeness (QED) is 0.786. The van der Waals surface area contributed by atoms with Crippen molar-refractivity contribution in [2.75, 3.05) is 0 Å². The molecule has 0 unspecified atom stereocenters. The minimum atomic E-state index is 0.596. The average molecular weight is 250 g/mol. The van der Waals surface area contributed by atoms with Gasteiger partial charge in [0.1, 0.15) is 10.5 Å². The van der Waals surface area contributed by atoms with Crippen molar-refractivity contribution in [1.82, 2.24) is 9.97 Å². The lowest BCUT2D eigenvalue weighted by atomic mass is 9.80. The molecule has 0 aromatic carbocycles. The van der Waals surface area contributed by atoms with Gasteiger partial charge in [-0.2, -0.15) is 0 Å². The molecule has 2 nitrogen and oxygen atoms in total. The first-order valence-corrected chi connectivity index (χ1v) is 7.10. The van der Waals surface area contributed by atoms with Crippen LogP contribution in [0.15, 0.2) is 0 Å². The average Bonchev–Trinajstić information content (AvgIpc) is 2.35. The van der Waals surface area contributed by atoms with E-state index in [9.17, 15) is 0 Å². The summed E-state index contributed by atoms with van der Waals surface area (Å²) in [4.78, 5) is 8.01. The minimum Gasteiger partial charge on any atom is -0.347 e. The molecule has 3 heteroatoms. The Labute approximate surface area is 109 Å². The van der Waals surface area contributed by atoms with Crippen LogP contribution in [0.25, 0.3) is 0 Å². The van der Waals surface area contributed by atoms with E-state index in [1.165, 1.54) is 37.8 Å². The number of hydrogen-bond donors (Lipinski definition) is 1. The third-order valence-electron chi connectivity index (χ3n) is 4.23. The Morgan fingerprint density at radius 2 is 1.88 bits per heavy atom. The molecule has 0 radical (unpaired) electrons. The topological polar surface area (TPSA) is 28.7 Å². The number of hydrogen-bond acceptors (Lipinski definition) is 2. The lowest BCUT2D eigenvalue weighted by Crippen LogP contribution is -2.15. The number of aryl methyl sites for hydroxylation is 1. The van der Waals surface area contributed by atoms with Crippen molar-refractivity contribution in [3.8, 4) is 0 Å². The second-order valence-corrected chi connectivity index (χ2v) is 5.69. The molecule has 1 saturated carbocycles. The molecule has 1 fully saturated rings. The van der Waals surface area contributed by atoms with Crippen molar-refractivity contribution in [1.29, 1.82) is 0 Å². The van der Waals surface area contributed by atoms with Crippen molar-refractivity contribution in [2.45, 2.75) is 58.8 Å². The zero-order chi connectivity index (χ0) is 12.4. The summed E-state index contributed by atoms with van der Waals surface area (Å²) in [7, 11) is 0. The molecule has 0 aliphatic heterocycles. The van der Waals surface area contributed by atoms with Gasteiger partial charge in [-0.3, -0.25) is 0 Å². The van der Waals surface area contributed by atoms with Crippen LogP contribution in [0.2, 0.25) is 0 Å². The van der Waals surface area contributed by atoms with Crippen molar-refractivity contribution >= 4 is 12.2 Å². The van der Waals surface area contributed by atoms with Gasteiger partial charge in [0.2, 0.25) is 0 Å². The van der Waals surface area contributed by atoms with Crippen molar-refractivity contribution in [2.24, 2.45) is 5.92 Å². The predicted molar refractivity (Wildman–Crippen MR) is 73.9 cm³/mol. The molecule has 2 rings (SSSR count). The van der Waals surface area contributed by atoms with Crippen LogP contribution in [-0.2, 0) is 0 Å². The molecule has 1 aromatic rings. The van der Waals surface area contributed by atoms with Gasteiger partial charge in [-0.15, -0.1) is 0 Å². The summed E-state index contributed by atoms with van der Waals surface area (Å²) >= 11 is 5.31. The zero-order valence-corrected chi connectivity index (χ0v) is 11.9. The number of rotatable bonds is 2. The fraction of sp³-hybridized carbons (Fsp3) is 0.714. The maximum atomic E-state index is 5.31. The first kappa shape index (κ1) is 12.7. The number of nitrogens with one attached hydrogen (secondary N) is 1. The maximum Gasteiger partial charge on any atom is 0.132 e. The van der Waals surface area contributed by atoms with E-state index in [1.54, 1.807) is 0 Å². The fourth-order valence-corrected chi connectivity index (χ4v) is 2.96. The molecule has 1 aromatic heterocycles. The van der Waals surface area contributed by atoms with E-state index in [0.717, 1.165) is 21.9 Å². The third-order valence-corrected chi connectivity index (χ3v) is 4.63. The predicted octanol–water partition coefficient (Wildman–Crippen LogP) is 4.44. The van der Waals surface area contributed by atoms with Crippen molar-refractivity contribution in [3.05, 3.63) is 21.7 Å². The SMILES string of the molecule is CCC1CCC(c2nc(=S)c(C)c(C)[nH]2)CC1. The standard InChI is InChI=1S/C14H22N2S/c1-4-11-5-7-12(8-6-11)13-15-10(3)9(2)14(17)16-13/h11-12H,4-8H2,1-3H3,(H,15,16,17). The number of H-pyrrole nitrogens is 1. The van der Waals surface area contributed by atoms with E-state index in [4.69, 9.17) is 12.2 Å². The Hall–Kier alpha value is -0.700. The van der Waals surface area contributed by atoms with Crippen LogP contribution < -0.4 is 0 Å². The lowest BCUT2D eigenvalue weighted by Gasteiger charge is -2.27. The van der Waals surface area contributed by atoms with Gasteiger partial charge in [0.25, 0.3) is 0 Å². The van der Waals surface area contributed by atoms with Gasteiger partial charge in [-0.25, -0.2) is 4.98 Å². The van der Waals surface area contributed by atoms with Crippen molar-refractivity contribution in [3.63, 3.8) is 0 Å². The Morgan fingerprint density at radius 3 is 2.41 bits per heavy atom. The Balaban J connectivity index is 2.16. The molecule has 94 valence electrons. The van der Waals surface area contributed by atoms with Crippen molar-refractivity contribution < 1.29 is 0 Å². The smallest absolute Gasteiger partial charge is 0.132 e. The van der Waals surface area contributed by atoms with Gasteiger partial charge in [0.15, 0.2) is 0 Å². The molecular weight excluding hydrogens is 228 g/mol. The molecule has 0 spiro atoms. The highest BCUT2D eigenvalue weighted by Gasteiger charge is 2.23. The highest BCUT2D eigenvalue weighted by Crippen LogP contribution is 2.35. The van der Waals surface area contributed by atoms with E-state index < -0.39 is 0 Å². The lowest BCUT2D eigenvalue weighted by molar-refractivity contribution is 0.311. The first-order chi connectivity index (χ1) is 8.11. The number of aromatic amines is 1. The molecule has 17 heavy (non-hydrogen) atoms. The van der Waals surface area contributed by atoms with Gasteiger partial charge in [0.05, 0.1) is 0 Å². The second-order valence-electron chi connectivity index (χ2n) is 5.30. The molecular formula is C14H22N2S. The highest BCUT2D eigenvalue weighted by molar-refractivity contribution is 7.71. The van der Waals surface area contributed by atoms with Crippen LogP contribution in [0.4, 0.5) is 0 Å². The monoisotopic (exact) mass is 250 g/mol. The molecule has 0 saturated heterocycles. The van der Waals surface area contributed by atoms with Gasteiger partial charge < -0.3 is 4.98 Å². The highest BCUT2D eigenvalue weighted by atomic mass is 32.1. The summed E-state index contributed by atoms with van der Waals surface area (Å²) in [5, 5.41) is 0. The number of aromatic nitrogens is 2. The van der Waals surface area contributed by atoms with Crippen LogP contribution in [0.3, 0.4) is 0 Å². The van der Waals surface area contributed by atoms with Gasteiger partial charge in [-0.05, 0) is 45.4 Å². The summed E-state index contributed by atoms with van der Waals surface area (Å²) in [5.74, 6) is 2.65.